The van der Waals surface area contributed by atoms with Crippen molar-refractivity contribution in [1.29, 1.82) is 0 Å². The van der Waals surface area contributed by atoms with E-state index >= 15 is 0 Å². The maximum absolute atomic E-state index is 11.5. The number of nitrogens with zero attached hydrogens (tertiary/aromatic N) is 1. The number of hydrogen-bond donors (Lipinski definition) is 3. The van der Waals surface area contributed by atoms with E-state index < -0.39 is 21.9 Å². The van der Waals surface area contributed by atoms with Crippen molar-refractivity contribution in [3.8, 4) is 0 Å². The molecule has 1 aromatic heterocycles. The first-order valence-electron chi connectivity index (χ1n) is 5.42. The van der Waals surface area contributed by atoms with Crippen molar-refractivity contribution in [2.24, 2.45) is 0 Å². The Hall–Kier alpha value is -1.87. The van der Waals surface area contributed by atoms with Gasteiger partial charge in [0.1, 0.15) is 12.2 Å². The first-order chi connectivity index (χ1) is 8.85. The number of sulfonamides is 1. The minimum atomic E-state index is -3.36. The topological polar surface area (TPSA) is 118 Å². The van der Waals surface area contributed by atoms with Crippen molar-refractivity contribution < 1.29 is 23.1 Å². The predicted octanol–water partition coefficient (Wildman–Crippen LogP) is -1.15. The highest BCUT2D eigenvalue weighted by Gasteiger charge is 2.12. The van der Waals surface area contributed by atoms with E-state index in [1.165, 1.54) is 29.9 Å². The van der Waals surface area contributed by atoms with E-state index in [9.17, 15) is 18.0 Å². The van der Waals surface area contributed by atoms with Gasteiger partial charge >= 0.3 is 5.97 Å². The fourth-order valence-corrected chi connectivity index (χ4v) is 1.96. The Morgan fingerprint density at radius 2 is 2.11 bits per heavy atom. The molecule has 0 spiro atoms. The maximum Gasteiger partial charge on any atom is 0.352 e. The number of carboxylic acids is 1. The predicted molar refractivity (Wildman–Crippen MR) is 67.2 cm³/mol. The summed E-state index contributed by atoms with van der Waals surface area (Å²) in [5, 5.41) is 11.2. The van der Waals surface area contributed by atoms with Crippen molar-refractivity contribution in [3.63, 3.8) is 0 Å². The summed E-state index contributed by atoms with van der Waals surface area (Å²) in [6.07, 6.45) is 1.47. The van der Waals surface area contributed by atoms with Crippen LogP contribution in [0.1, 0.15) is 10.5 Å². The lowest BCUT2D eigenvalue weighted by molar-refractivity contribution is -0.121. The molecule has 8 nitrogen and oxygen atoms in total. The van der Waals surface area contributed by atoms with Gasteiger partial charge in [0, 0.05) is 12.7 Å². The van der Waals surface area contributed by atoms with Crippen LogP contribution in [0.2, 0.25) is 0 Å². The van der Waals surface area contributed by atoms with Gasteiger partial charge in [-0.25, -0.2) is 17.9 Å². The minimum absolute atomic E-state index is 0.00186. The smallest absolute Gasteiger partial charge is 0.352 e. The second-order valence-corrected chi connectivity index (χ2v) is 5.75. The Kier molecular flexibility index (Phi) is 5.07. The van der Waals surface area contributed by atoms with Crippen LogP contribution in [0.5, 0.6) is 0 Å². The number of amides is 1. The van der Waals surface area contributed by atoms with Gasteiger partial charge in [0.15, 0.2) is 0 Å². The summed E-state index contributed by atoms with van der Waals surface area (Å²) in [6, 6.07) is 2.89. The largest absolute Gasteiger partial charge is 0.477 e. The van der Waals surface area contributed by atoms with Gasteiger partial charge in [-0.05, 0) is 19.2 Å². The SMILES string of the molecule is CNS(=O)(=O)CCNC(=O)Cn1cccc1C(=O)O. The number of carbonyl (C=O) groups is 2. The van der Waals surface area contributed by atoms with Gasteiger partial charge in [0.25, 0.3) is 0 Å². The summed E-state index contributed by atoms with van der Waals surface area (Å²) in [5.41, 5.74) is -0.00186. The van der Waals surface area contributed by atoms with Crippen LogP contribution in [0.25, 0.3) is 0 Å². The molecule has 106 valence electrons. The fraction of sp³-hybridized carbons (Fsp3) is 0.400. The zero-order chi connectivity index (χ0) is 14.5. The lowest BCUT2D eigenvalue weighted by Gasteiger charge is -2.08. The highest BCUT2D eigenvalue weighted by molar-refractivity contribution is 7.89. The Bertz CT molecular complexity index is 563. The molecule has 0 fully saturated rings. The number of hydrogen-bond acceptors (Lipinski definition) is 4. The third-order valence-electron chi connectivity index (χ3n) is 2.37. The lowest BCUT2D eigenvalue weighted by atomic mass is 10.4. The van der Waals surface area contributed by atoms with E-state index in [1.54, 1.807) is 0 Å². The third kappa shape index (κ3) is 4.72. The van der Waals surface area contributed by atoms with Crippen molar-refractivity contribution >= 4 is 21.9 Å². The molecule has 1 heterocycles. The van der Waals surface area contributed by atoms with E-state index in [0.717, 1.165) is 0 Å². The van der Waals surface area contributed by atoms with E-state index in [2.05, 4.69) is 10.0 Å². The van der Waals surface area contributed by atoms with Crippen molar-refractivity contribution in [2.45, 2.75) is 6.54 Å². The van der Waals surface area contributed by atoms with Crippen LogP contribution in [0, 0.1) is 0 Å². The van der Waals surface area contributed by atoms with Crippen LogP contribution in [-0.4, -0.2) is 49.3 Å². The molecule has 1 rings (SSSR count). The third-order valence-corrected chi connectivity index (χ3v) is 3.73. The van der Waals surface area contributed by atoms with Crippen molar-refractivity contribution in [1.82, 2.24) is 14.6 Å². The van der Waals surface area contributed by atoms with Crippen molar-refractivity contribution in [2.75, 3.05) is 19.3 Å². The summed E-state index contributed by atoms with van der Waals surface area (Å²) < 4.78 is 25.6. The van der Waals surface area contributed by atoms with E-state index in [4.69, 9.17) is 5.11 Å². The summed E-state index contributed by atoms with van der Waals surface area (Å²) >= 11 is 0. The van der Waals surface area contributed by atoms with Gasteiger partial charge in [-0.1, -0.05) is 0 Å². The second kappa shape index (κ2) is 6.34. The van der Waals surface area contributed by atoms with E-state index in [-0.39, 0.29) is 24.5 Å². The zero-order valence-corrected chi connectivity index (χ0v) is 11.1. The molecule has 0 aliphatic heterocycles. The number of aromatic carboxylic acids is 1. The quantitative estimate of drug-likeness (QED) is 0.586. The minimum Gasteiger partial charge on any atom is -0.477 e. The van der Waals surface area contributed by atoms with Gasteiger partial charge in [-0.3, -0.25) is 4.79 Å². The zero-order valence-electron chi connectivity index (χ0n) is 10.3. The molecule has 0 aliphatic carbocycles. The molecule has 0 radical (unpaired) electrons. The maximum atomic E-state index is 11.5. The molecular weight excluding hydrogens is 274 g/mol. The molecule has 1 amide bonds. The van der Waals surface area contributed by atoms with Gasteiger partial charge in [0.2, 0.25) is 15.9 Å². The molecule has 19 heavy (non-hydrogen) atoms. The molecule has 0 bridgehead atoms. The standard InChI is InChI=1S/C10H15N3O5S/c1-11-19(17,18)6-4-12-9(14)7-13-5-2-3-8(13)10(15)16/h2-3,5,11H,4,6-7H2,1H3,(H,12,14)(H,15,16). The van der Waals surface area contributed by atoms with E-state index in [1.807, 2.05) is 0 Å². The lowest BCUT2D eigenvalue weighted by Crippen LogP contribution is -2.35. The first kappa shape index (κ1) is 15.2. The highest BCUT2D eigenvalue weighted by atomic mass is 32.2. The molecule has 0 saturated carbocycles. The molecule has 0 atom stereocenters. The summed E-state index contributed by atoms with van der Waals surface area (Å²) in [6.45, 7) is -0.208. The van der Waals surface area contributed by atoms with Crippen LogP contribution in [-0.2, 0) is 21.4 Å². The van der Waals surface area contributed by atoms with Gasteiger partial charge in [0.05, 0.1) is 5.75 Å². The number of carboxylic acid groups (broad SMARTS) is 1. The second-order valence-electron chi connectivity index (χ2n) is 3.70. The Balaban J connectivity index is 2.48. The van der Waals surface area contributed by atoms with Gasteiger partial charge in [-0.15, -0.1) is 0 Å². The normalized spacial score (nSPS) is 11.2. The Labute approximate surface area is 110 Å². The molecule has 0 aromatic carbocycles. The number of nitrogens with one attached hydrogen (secondary N) is 2. The monoisotopic (exact) mass is 289 g/mol. The molecule has 0 aliphatic rings. The molecule has 3 N–H and O–H groups in total. The van der Waals surface area contributed by atoms with Gasteiger partial charge < -0.3 is 15.0 Å². The number of aromatic nitrogens is 1. The molecule has 0 saturated heterocycles. The molecule has 9 heteroatoms. The average molecular weight is 289 g/mol. The van der Waals surface area contributed by atoms with Crippen LogP contribution in [0.3, 0.4) is 0 Å². The fourth-order valence-electron chi connectivity index (χ4n) is 1.38. The Morgan fingerprint density at radius 3 is 2.68 bits per heavy atom. The van der Waals surface area contributed by atoms with Crippen LogP contribution in [0.15, 0.2) is 18.3 Å². The van der Waals surface area contributed by atoms with Crippen LogP contribution < -0.4 is 10.0 Å². The van der Waals surface area contributed by atoms with Crippen molar-refractivity contribution in [3.05, 3.63) is 24.0 Å². The molecular formula is C10H15N3O5S. The highest BCUT2D eigenvalue weighted by Crippen LogP contribution is 2.01. The number of rotatable bonds is 7. The van der Waals surface area contributed by atoms with Gasteiger partial charge in [-0.2, -0.15) is 0 Å². The Morgan fingerprint density at radius 1 is 1.42 bits per heavy atom. The first-order valence-corrected chi connectivity index (χ1v) is 7.07. The summed E-state index contributed by atoms with van der Waals surface area (Å²) in [7, 11) is -2.08. The number of carbonyl (C=O) groups excluding carboxylic acids is 1. The summed E-state index contributed by atoms with van der Waals surface area (Å²) in [5.74, 6) is -1.81. The van der Waals surface area contributed by atoms with Crippen LogP contribution in [0.4, 0.5) is 0 Å². The molecule has 0 unspecified atom stereocenters. The van der Waals surface area contributed by atoms with Crippen LogP contribution >= 0.6 is 0 Å². The van der Waals surface area contributed by atoms with E-state index in [0.29, 0.717) is 0 Å². The average Bonchev–Trinajstić information content (AvgIpc) is 2.77. The summed E-state index contributed by atoms with van der Waals surface area (Å²) in [4.78, 5) is 22.3. The molecule has 1 aromatic rings.